The molecule has 108 valence electrons. The van der Waals surface area contributed by atoms with E-state index < -0.39 is 5.97 Å². The van der Waals surface area contributed by atoms with Crippen LogP contribution in [0.25, 0.3) is 0 Å². The summed E-state index contributed by atoms with van der Waals surface area (Å²) in [6.07, 6.45) is 3.16. The predicted octanol–water partition coefficient (Wildman–Crippen LogP) is 2.41. The molecule has 1 saturated carbocycles. The zero-order chi connectivity index (χ0) is 14.7. The second-order valence-corrected chi connectivity index (χ2v) is 4.85. The van der Waals surface area contributed by atoms with Gasteiger partial charge in [-0.1, -0.05) is 0 Å². The Balaban J connectivity index is 2.15. The van der Waals surface area contributed by atoms with Crippen LogP contribution in [0.15, 0.2) is 18.2 Å². The third-order valence-corrected chi connectivity index (χ3v) is 3.63. The molecule has 0 aliphatic heterocycles. The highest BCUT2D eigenvalue weighted by Crippen LogP contribution is 2.28. The van der Waals surface area contributed by atoms with Crippen molar-refractivity contribution in [2.24, 2.45) is 0 Å². The summed E-state index contributed by atoms with van der Waals surface area (Å²) in [6, 6.07) is 4.38. The molecule has 6 heteroatoms. The Morgan fingerprint density at radius 1 is 1.40 bits per heavy atom. The largest absolute Gasteiger partial charge is 0.495 e. The molecule has 1 fully saturated rings. The fourth-order valence-electron chi connectivity index (χ4n) is 2.08. The van der Waals surface area contributed by atoms with Crippen molar-refractivity contribution >= 4 is 17.7 Å². The summed E-state index contributed by atoms with van der Waals surface area (Å²) in [6.45, 7) is 0. The number of nitrogens with one attached hydrogen (secondary N) is 1. The summed E-state index contributed by atoms with van der Waals surface area (Å²) in [5, 5.41) is 11.7. The van der Waals surface area contributed by atoms with Crippen molar-refractivity contribution in [3.63, 3.8) is 0 Å². The van der Waals surface area contributed by atoms with E-state index in [4.69, 9.17) is 9.84 Å². The number of nitrogens with zero attached hydrogens (tertiary/aromatic N) is 1. The van der Waals surface area contributed by atoms with Crippen LogP contribution in [0, 0.1) is 0 Å². The molecule has 1 aliphatic carbocycles. The number of hydrogen-bond donors (Lipinski definition) is 2. The maximum Gasteiger partial charge on any atom is 0.335 e. The van der Waals surface area contributed by atoms with Gasteiger partial charge in [0, 0.05) is 13.1 Å². The number of anilines is 1. The summed E-state index contributed by atoms with van der Waals surface area (Å²) in [4.78, 5) is 24.7. The molecule has 2 amide bonds. The van der Waals surface area contributed by atoms with Gasteiger partial charge in [-0.05, 0) is 37.5 Å². The minimum Gasteiger partial charge on any atom is -0.495 e. The molecule has 2 N–H and O–H groups in total. The van der Waals surface area contributed by atoms with Crippen LogP contribution in [0.2, 0.25) is 0 Å². The van der Waals surface area contributed by atoms with E-state index in [2.05, 4.69) is 5.32 Å². The Bertz CT molecular complexity index is 526. The van der Waals surface area contributed by atoms with E-state index in [1.165, 1.54) is 25.3 Å². The average Bonchev–Trinajstić information content (AvgIpc) is 2.36. The van der Waals surface area contributed by atoms with Crippen LogP contribution >= 0.6 is 0 Å². The third-order valence-electron chi connectivity index (χ3n) is 3.63. The first kappa shape index (κ1) is 14.2. The number of carboxylic acid groups (broad SMARTS) is 1. The number of methoxy groups -OCH3 is 1. The third kappa shape index (κ3) is 2.84. The van der Waals surface area contributed by atoms with Crippen LogP contribution in [-0.4, -0.2) is 42.2 Å². The van der Waals surface area contributed by atoms with Crippen molar-refractivity contribution in [1.29, 1.82) is 0 Å². The van der Waals surface area contributed by atoms with Gasteiger partial charge in [-0.15, -0.1) is 0 Å². The van der Waals surface area contributed by atoms with E-state index in [0.717, 1.165) is 19.3 Å². The van der Waals surface area contributed by atoms with E-state index in [9.17, 15) is 9.59 Å². The van der Waals surface area contributed by atoms with Gasteiger partial charge in [-0.3, -0.25) is 0 Å². The van der Waals surface area contributed by atoms with Crippen molar-refractivity contribution < 1.29 is 19.4 Å². The van der Waals surface area contributed by atoms with Crippen LogP contribution in [0.4, 0.5) is 10.5 Å². The van der Waals surface area contributed by atoms with Gasteiger partial charge < -0.3 is 20.1 Å². The van der Waals surface area contributed by atoms with Gasteiger partial charge in [-0.25, -0.2) is 9.59 Å². The van der Waals surface area contributed by atoms with Gasteiger partial charge in [0.05, 0.1) is 18.4 Å². The molecule has 0 heterocycles. The van der Waals surface area contributed by atoms with Gasteiger partial charge in [-0.2, -0.15) is 0 Å². The summed E-state index contributed by atoms with van der Waals surface area (Å²) < 4.78 is 5.14. The molecule has 1 aromatic carbocycles. The van der Waals surface area contributed by atoms with Crippen LogP contribution in [0.5, 0.6) is 5.75 Å². The molecule has 2 rings (SSSR count). The minimum atomic E-state index is -1.05. The quantitative estimate of drug-likeness (QED) is 0.886. The van der Waals surface area contributed by atoms with E-state index in [-0.39, 0.29) is 17.6 Å². The molecule has 0 saturated heterocycles. The standard InChI is InChI=1S/C14H18N2O4/c1-16(10-4-3-5-10)14(19)15-11-8-9(13(17)18)6-7-12(11)20-2/h6-8,10H,3-5H2,1-2H3,(H,15,19)(H,17,18). The zero-order valence-corrected chi connectivity index (χ0v) is 11.5. The Kier molecular flexibility index (Phi) is 4.12. The first-order chi connectivity index (χ1) is 9.52. The lowest BCUT2D eigenvalue weighted by Gasteiger charge is -2.34. The molecule has 1 aliphatic rings. The number of benzene rings is 1. The fourth-order valence-corrected chi connectivity index (χ4v) is 2.08. The molecule has 0 aromatic heterocycles. The smallest absolute Gasteiger partial charge is 0.335 e. The van der Waals surface area contributed by atoms with Gasteiger partial charge in [0.2, 0.25) is 0 Å². The molecule has 0 atom stereocenters. The fraction of sp³-hybridized carbons (Fsp3) is 0.429. The van der Waals surface area contributed by atoms with Crippen LogP contribution in [0.3, 0.4) is 0 Å². The number of carboxylic acids is 1. The van der Waals surface area contributed by atoms with Crippen LogP contribution < -0.4 is 10.1 Å². The van der Waals surface area contributed by atoms with Crippen molar-refractivity contribution in [2.75, 3.05) is 19.5 Å². The summed E-state index contributed by atoms with van der Waals surface area (Å²) in [7, 11) is 3.22. The van der Waals surface area contributed by atoms with Crippen LogP contribution in [-0.2, 0) is 0 Å². The normalized spacial score (nSPS) is 14.3. The number of urea groups is 1. The summed E-state index contributed by atoms with van der Waals surface area (Å²) in [5.41, 5.74) is 0.468. The molecule has 0 radical (unpaired) electrons. The number of ether oxygens (including phenoxy) is 1. The Labute approximate surface area is 117 Å². The van der Waals surface area contributed by atoms with Gasteiger partial charge in [0.15, 0.2) is 0 Å². The van der Waals surface area contributed by atoms with Gasteiger partial charge in [0.1, 0.15) is 5.75 Å². The van der Waals surface area contributed by atoms with E-state index in [1.807, 2.05) is 0 Å². The molecule has 0 unspecified atom stereocenters. The van der Waals surface area contributed by atoms with E-state index in [1.54, 1.807) is 11.9 Å². The van der Waals surface area contributed by atoms with E-state index in [0.29, 0.717) is 11.4 Å². The number of carbonyl (C=O) groups excluding carboxylic acids is 1. The highest BCUT2D eigenvalue weighted by Gasteiger charge is 2.26. The topological polar surface area (TPSA) is 78.9 Å². The van der Waals surface area contributed by atoms with E-state index >= 15 is 0 Å². The lowest BCUT2D eigenvalue weighted by molar-refractivity contribution is 0.0697. The first-order valence-electron chi connectivity index (χ1n) is 6.48. The molecular formula is C14H18N2O4. The molecule has 20 heavy (non-hydrogen) atoms. The van der Waals surface area contributed by atoms with Gasteiger partial charge in [0.25, 0.3) is 0 Å². The maximum absolute atomic E-state index is 12.1. The zero-order valence-electron chi connectivity index (χ0n) is 11.5. The van der Waals surface area contributed by atoms with Crippen molar-refractivity contribution in [1.82, 2.24) is 4.90 Å². The summed E-state index contributed by atoms with van der Waals surface area (Å²) >= 11 is 0. The lowest BCUT2D eigenvalue weighted by atomic mass is 9.92. The molecular weight excluding hydrogens is 260 g/mol. The minimum absolute atomic E-state index is 0.104. The Morgan fingerprint density at radius 2 is 2.10 bits per heavy atom. The summed E-state index contributed by atoms with van der Waals surface area (Å²) in [5.74, 6) is -0.610. The van der Waals surface area contributed by atoms with Crippen molar-refractivity contribution in [3.05, 3.63) is 23.8 Å². The SMILES string of the molecule is COc1ccc(C(=O)O)cc1NC(=O)N(C)C1CCC1. The second-order valence-electron chi connectivity index (χ2n) is 4.85. The number of hydrogen-bond acceptors (Lipinski definition) is 3. The monoisotopic (exact) mass is 278 g/mol. The molecule has 0 spiro atoms. The van der Waals surface area contributed by atoms with Gasteiger partial charge >= 0.3 is 12.0 Å². The predicted molar refractivity (Wildman–Crippen MR) is 74.4 cm³/mol. The number of rotatable bonds is 4. The maximum atomic E-state index is 12.1. The highest BCUT2D eigenvalue weighted by atomic mass is 16.5. The number of carbonyl (C=O) groups is 2. The number of aromatic carboxylic acids is 1. The van der Waals surface area contributed by atoms with Crippen molar-refractivity contribution in [2.45, 2.75) is 25.3 Å². The van der Waals surface area contributed by atoms with Crippen LogP contribution in [0.1, 0.15) is 29.6 Å². The highest BCUT2D eigenvalue weighted by molar-refractivity contribution is 5.94. The number of amides is 2. The second kappa shape index (κ2) is 5.81. The molecule has 0 bridgehead atoms. The Morgan fingerprint density at radius 3 is 2.60 bits per heavy atom. The molecule has 6 nitrogen and oxygen atoms in total. The lowest BCUT2D eigenvalue weighted by Crippen LogP contribution is -2.43. The first-order valence-corrected chi connectivity index (χ1v) is 6.48. The average molecular weight is 278 g/mol. The van der Waals surface area contributed by atoms with Crippen molar-refractivity contribution in [3.8, 4) is 5.75 Å². The Hall–Kier alpha value is -2.24. The molecule has 1 aromatic rings.